The van der Waals surface area contributed by atoms with Crippen LogP contribution in [-0.2, 0) is 11.0 Å². The fourth-order valence-corrected chi connectivity index (χ4v) is 4.60. The van der Waals surface area contributed by atoms with E-state index < -0.39 is 17.6 Å². The Morgan fingerprint density at radius 2 is 1.74 bits per heavy atom. The normalized spacial score (nSPS) is 20.9. The summed E-state index contributed by atoms with van der Waals surface area (Å²) in [7, 11) is 0. The van der Waals surface area contributed by atoms with Crippen molar-refractivity contribution in [3.63, 3.8) is 0 Å². The maximum atomic E-state index is 12.8. The molecule has 2 aliphatic rings. The number of likely N-dealkylation sites (tertiary alicyclic amines) is 1. The monoisotopic (exact) mass is 493 g/mol. The van der Waals surface area contributed by atoms with Gasteiger partial charge in [0.05, 0.1) is 30.4 Å². The Bertz CT molecular complexity index is 993. The molecule has 1 aromatic heterocycles. The number of carbonyl (C=O) groups is 2. The molecule has 1 saturated heterocycles. The summed E-state index contributed by atoms with van der Waals surface area (Å²) in [6.45, 7) is 7.30. The standard InChI is InChI=1S/C23H28F3N5O2.C2H6/c1-15-10-28-31(12-15)20-7-5-19(6-8-20)30-13-18(14-30)29-21(32)11-27-22(33)16-3-2-4-17(9-16)23(24,25)26;1-2/h2-4,9-10,12,18-20H,5-8,11,13-14H2,1H3,(H,27,33)(H,29,32);1-2H3. The molecule has 2 fully saturated rings. The molecule has 0 atom stereocenters. The number of alkyl halides is 3. The van der Waals surface area contributed by atoms with Crippen LogP contribution in [0.5, 0.6) is 0 Å². The summed E-state index contributed by atoms with van der Waals surface area (Å²) in [5.74, 6) is -1.06. The number of carbonyl (C=O) groups excluding carboxylic acids is 2. The van der Waals surface area contributed by atoms with Gasteiger partial charge in [0.1, 0.15) is 0 Å². The van der Waals surface area contributed by atoms with E-state index in [1.165, 1.54) is 17.7 Å². The van der Waals surface area contributed by atoms with Crippen molar-refractivity contribution in [2.45, 2.75) is 70.8 Å². The molecule has 35 heavy (non-hydrogen) atoms. The Labute approximate surface area is 204 Å². The molecule has 2 N–H and O–H groups in total. The van der Waals surface area contributed by atoms with Gasteiger partial charge in [-0.15, -0.1) is 0 Å². The van der Waals surface area contributed by atoms with E-state index in [0.717, 1.165) is 50.9 Å². The van der Waals surface area contributed by atoms with Gasteiger partial charge in [0.25, 0.3) is 5.91 Å². The first-order valence-corrected chi connectivity index (χ1v) is 12.2. The van der Waals surface area contributed by atoms with Gasteiger partial charge < -0.3 is 10.6 Å². The zero-order valence-corrected chi connectivity index (χ0v) is 20.4. The number of aromatic nitrogens is 2. The molecule has 1 saturated carbocycles. The molecule has 2 heterocycles. The van der Waals surface area contributed by atoms with Gasteiger partial charge in [-0.3, -0.25) is 19.2 Å². The molecule has 0 spiro atoms. The van der Waals surface area contributed by atoms with Crippen molar-refractivity contribution in [1.29, 1.82) is 0 Å². The first-order valence-electron chi connectivity index (χ1n) is 12.2. The van der Waals surface area contributed by atoms with Crippen molar-refractivity contribution in [3.8, 4) is 0 Å². The van der Waals surface area contributed by atoms with Gasteiger partial charge in [0.2, 0.25) is 5.91 Å². The van der Waals surface area contributed by atoms with Gasteiger partial charge in [-0.1, -0.05) is 19.9 Å². The highest BCUT2D eigenvalue weighted by atomic mass is 19.4. The lowest BCUT2D eigenvalue weighted by molar-refractivity contribution is -0.137. The van der Waals surface area contributed by atoms with E-state index in [0.29, 0.717) is 12.1 Å². The summed E-state index contributed by atoms with van der Waals surface area (Å²) >= 11 is 0. The minimum absolute atomic E-state index is 0.0226. The molecule has 1 aliphatic heterocycles. The Morgan fingerprint density at radius 1 is 1.09 bits per heavy atom. The van der Waals surface area contributed by atoms with Crippen molar-refractivity contribution in [2.75, 3.05) is 19.6 Å². The summed E-state index contributed by atoms with van der Waals surface area (Å²) in [6.07, 6.45) is 3.81. The minimum atomic E-state index is -4.53. The number of halogens is 3. The fraction of sp³-hybridized carbons (Fsp3) is 0.560. The quantitative estimate of drug-likeness (QED) is 0.639. The van der Waals surface area contributed by atoms with Gasteiger partial charge in [-0.05, 0) is 56.4 Å². The Kier molecular flexibility index (Phi) is 8.93. The lowest BCUT2D eigenvalue weighted by atomic mass is 9.88. The topological polar surface area (TPSA) is 79.3 Å². The van der Waals surface area contributed by atoms with Crippen LogP contribution in [0.1, 0.15) is 67.1 Å². The van der Waals surface area contributed by atoms with E-state index in [2.05, 4.69) is 31.5 Å². The van der Waals surface area contributed by atoms with Gasteiger partial charge in [0, 0.05) is 30.9 Å². The van der Waals surface area contributed by atoms with Gasteiger partial charge >= 0.3 is 6.18 Å². The van der Waals surface area contributed by atoms with Crippen LogP contribution in [0.4, 0.5) is 13.2 Å². The second kappa shape index (κ2) is 11.7. The maximum Gasteiger partial charge on any atom is 0.416 e. The summed E-state index contributed by atoms with van der Waals surface area (Å²) in [5.41, 5.74) is 0.140. The van der Waals surface area contributed by atoms with Crippen molar-refractivity contribution in [3.05, 3.63) is 53.3 Å². The zero-order valence-electron chi connectivity index (χ0n) is 20.4. The lowest BCUT2D eigenvalue weighted by Gasteiger charge is -2.46. The molecule has 192 valence electrons. The van der Waals surface area contributed by atoms with E-state index >= 15 is 0 Å². The largest absolute Gasteiger partial charge is 0.416 e. The summed E-state index contributed by atoms with van der Waals surface area (Å²) in [6, 6.07) is 5.11. The van der Waals surface area contributed by atoms with Crippen LogP contribution in [0.15, 0.2) is 36.7 Å². The van der Waals surface area contributed by atoms with E-state index in [1.807, 2.05) is 27.0 Å². The number of hydrogen-bond acceptors (Lipinski definition) is 4. The number of nitrogens with zero attached hydrogens (tertiary/aromatic N) is 3. The fourth-order valence-electron chi connectivity index (χ4n) is 4.60. The Morgan fingerprint density at radius 3 is 2.34 bits per heavy atom. The third kappa shape index (κ3) is 7.06. The Balaban J connectivity index is 0.00000167. The third-order valence-corrected chi connectivity index (χ3v) is 6.42. The average molecular weight is 494 g/mol. The number of benzene rings is 1. The molecular formula is C25H34F3N5O2. The molecule has 2 aromatic rings. The molecule has 4 rings (SSSR count). The van der Waals surface area contributed by atoms with Crippen LogP contribution in [-0.4, -0.2) is 58.2 Å². The van der Waals surface area contributed by atoms with Crippen LogP contribution in [0.3, 0.4) is 0 Å². The average Bonchev–Trinajstić information content (AvgIpc) is 3.27. The predicted octanol–water partition coefficient (Wildman–Crippen LogP) is 3.95. The molecule has 0 unspecified atom stereocenters. The SMILES string of the molecule is CC.Cc1cnn(C2CCC(N3CC(NC(=O)CNC(=O)c4cccc(C(F)(F)F)c4)C3)CC2)c1. The van der Waals surface area contributed by atoms with Crippen LogP contribution < -0.4 is 10.6 Å². The Hall–Kier alpha value is -2.88. The molecule has 7 nitrogen and oxygen atoms in total. The molecular weight excluding hydrogens is 459 g/mol. The van der Waals surface area contributed by atoms with Crippen molar-refractivity contribution < 1.29 is 22.8 Å². The molecule has 0 radical (unpaired) electrons. The highest BCUT2D eigenvalue weighted by Crippen LogP contribution is 2.32. The number of hydrogen-bond donors (Lipinski definition) is 2. The van der Waals surface area contributed by atoms with Crippen molar-refractivity contribution in [1.82, 2.24) is 25.3 Å². The highest BCUT2D eigenvalue weighted by molar-refractivity contribution is 5.96. The lowest BCUT2D eigenvalue weighted by Crippen LogP contribution is -2.63. The van der Waals surface area contributed by atoms with Crippen LogP contribution in [0.25, 0.3) is 0 Å². The van der Waals surface area contributed by atoms with Crippen LogP contribution in [0.2, 0.25) is 0 Å². The highest BCUT2D eigenvalue weighted by Gasteiger charge is 2.35. The zero-order chi connectivity index (χ0) is 25.6. The second-order valence-electron chi connectivity index (χ2n) is 8.94. The third-order valence-electron chi connectivity index (χ3n) is 6.42. The van der Waals surface area contributed by atoms with E-state index in [1.54, 1.807) is 0 Å². The van der Waals surface area contributed by atoms with E-state index in [-0.39, 0.29) is 24.1 Å². The van der Waals surface area contributed by atoms with E-state index in [4.69, 9.17) is 0 Å². The second-order valence-corrected chi connectivity index (χ2v) is 8.94. The number of amides is 2. The molecule has 10 heteroatoms. The first kappa shape index (κ1) is 26.7. The molecule has 1 aromatic carbocycles. The van der Waals surface area contributed by atoms with Crippen LogP contribution >= 0.6 is 0 Å². The van der Waals surface area contributed by atoms with Gasteiger partial charge in [0.15, 0.2) is 0 Å². The maximum absolute atomic E-state index is 12.8. The summed E-state index contributed by atoms with van der Waals surface area (Å²) in [5, 5.41) is 9.69. The van der Waals surface area contributed by atoms with Crippen molar-refractivity contribution >= 4 is 11.8 Å². The molecule has 1 aliphatic carbocycles. The predicted molar refractivity (Wildman–Crippen MR) is 127 cm³/mol. The number of aryl methyl sites for hydroxylation is 1. The van der Waals surface area contributed by atoms with Gasteiger partial charge in [-0.25, -0.2) is 0 Å². The minimum Gasteiger partial charge on any atom is -0.349 e. The van der Waals surface area contributed by atoms with Gasteiger partial charge in [-0.2, -0.15) is 18.3 Å². The molecule has 2 amide bonds. The summed E-state index contributed by atoms with van der Waals surface area (Å²) in [4.78, 5) is 26.6. The smallest absolute Gasteiger partial charge is 0.349 e. The summed E-state index contributed by atoms with van der Waals surface area (Å²) < 4.78 is 40.5. The molecule has 0 bridgehead atoms. The first-order chi connectivity index (χ1) is 16.7. The van der Waals surface area contributed by atoms with Crippen molar-refractivity contribution in [2.24, 2.45) is 0 Å². The van der Waals surface area contributed by atoms with E-state index in [9.17, 15) is 22.8 Å². The number of rotatable bonds is 6. The van der Waals surface area contributed by atoms with Crippen LogP contribution in [0, 0.1) is 6.92 Å². The number of nitrogens with one attached hydrogen (secondary N) is 2.